The van der Waals surface area contributed by atoms with Crippen molar-refractivity contribution < 1.29 is 8.78 Å². The summed E-state index contributed by atoms with van der Waals surface area (Å²) in [6, 6.07) is 2.60. The molecule has 0 aliphatic carbocycles. The molecule has 0 aromatic heterocycles. The number of rotatable bonds is 1. The first-order chi connectivity index (χ1) is 5.82. The van der Waals surface area contributed by atoms with Gasteiger partial charge in [-0.2, -0.15) is 0 Å². The van der Waals surface area contributed by atoms with Crippen LogP contribution in [0.2, 0.25) is 19.6 Å². The summed E-state index contributed by atoms with van der Waals surface area (Å²) in [4.78, 5) is 0. The van der Waals surface area contributed by atoms with E-state index in [-0.39, 0.29) is 11.6 Å². The van der Waals surface area contributed by atoms with Crippen molar-refractivity contribution in [2.45, 2.75) is 19.6 Å². The van der Waals surface area contributed by atoms with Crippen LogP contribution in [0.4, 0.5) is 8.78 Å². The molecule has 1 aromatic carbocycles. The highest BCUT2D eigenvalue weighted by atomic mass is 127. The number of hydrogen-bond acceptors (Lipinski definition) is 0. The van der Waals surface area contributed by atoms with Crippen molar-refractivity contribution in [1.82, 2.24) is 0 Å². The molecule has 0 unspecified atom stereocenters. The SMILES string of the molecule is C[Si](C)(C)c1cc(F)c(I)cc1F. The van der Waals surface area contributed by atoms with Crippen LogP contribution in [0, 0.1) is 15.2 Å². The third kappa shape index (κ3) is 2.49. The predicted octanol–water partition coefficient (Wildman–Crippen LogP) is 3.11. The maximum atomic E-state index is 13.4. The van der Waals surface area contributed by atoms with Crippen LogP contribution in [0.5, 0.6) is 0 Å². The summed E-state index contributed by atoms with van der Waals surface area (Å²) >= 11 is 1.80. The zero-order valence-electron chi connectivity index (χ0n) is 7.79. The molecule has 0 heterocycles. The highest BCUT2D eigenvalue weighted by molar-refractivity contribution is 14.1. The fraction of sp³-hybridized carbons (Fsp3) is 0.333. The molecule has 0 nitrogen and oxygen atoms in total. The van der Waals surface area contributed by atoms with Crippen molar-refractivity contribution in [1.29, 1.82) is 0 Å². The molecule has 0 bridgehead atoms. The Bertz CT molecular complexity index is 331. The van der Waals surface area contributed by atoms with E-state index in [1.165, 1.54) is 12.1 Å². The van der Waals surface area contributed by atoms with E-state index in [4.69, 9.17) is 0 Å². The molecule has 1 rings (SSSR count). The van der Waals surface area contributed by atoms with Gasteiger partial charge >= 0.3 is 0 Å². The molecule has 0 fully saturated rings. The van der Waals surface area contributed by atoms with Gasteiger partial charge < -0.3 is 0 Å². The van der Waals surface area contributed by atoms with Gasteiger partial charge in [-0.3, -0.25) is 0 Å². The highest BCUT2D eigenvalue weighted by Crippen LogP contribution is 2.14. The topological polar surface area (TPSA) is 0 Å². The molecule has 13 heavy (non-hydrogen) atoms. The first kappa shape index (κ1) is 11.1. The smallest absolute Gasteiger partial charge is 0.136 e. The summed E-state index contributed by atoms with van der Waals surface area (Å²) in [7, 11) is -1.75. The quantitative estimate of drug-likeness (QED) is 0.425. The monoisotopic (exact) mass is 312 g/mol. The fourth-order valence-electron chi connectivity index (χ4n) is 1.10. The minimum absolute atomic E-state index is 0.273. The molecule has 0 saturated carbocycles. The molecule has 0 radical (unpaired) electrons. The average molecular weight is 312 g/mol. The molecule has 0 atom stereocenters. The van der Waals surface area contributed by atoms with Crippen LogP contribution in [0.1, 0.15) is 0 Å². The van der Waals surface area contributed by atoms with E-state index < -0.39 is 8.07 Å². The van der Waals surface area contributed by atoms with Gasteiger partial charge in [-0.05, 0) is 39.9 Å². The van der Waals surface area contributed by atoms with Crippen LogP contribution in [-0.2, 0) is 0 Å². The van der Waals surface area contributed by atoms with Crippen LogP contribution in [0.15, 0.2) is 12.1 Å². The molecule has 72 valence electrons. The Morgan fingerprint density at radius 2 is 1.62 bits per heavy atom. The molecular formula is C9H11F2ISi. The van der Waals surface area contributed by atoms with E-state index in [0.717, 1.165) is 0 Å². The van der Waals surface area contributed by atoms with Gasteiger partial charge in [0.05, 0.1) is 11.6 Å². The van der Waals surface area contributed by atoms with Crippen LogP contribution in [0.25, 0.3) is 0 Å². The summed E-state index contributed by atoms with van der Waals surface area (Å²) in [5.41, 5.74) is 0. The highest BCUT2D eigenvalue weighted by Gasteiger charge is 2.22. The third-order valence-corrected chi connectivity index (χ3v) is 4.64. The Hall–Kier alpha value is 0.0269. The van der Waals surface area contributed by atoms with Crippen molar-refractivity contribution in [3.05, 3.63) is 27.3 Å². The van der Waals surface area contributed by atoms with Crippen molar-refractivity contribution in [3.8, 4) is 0 Å². The van der Waals surface area contributed by atoms with Gasteiger partial charge in [0.1, 0.15) is 11.6 Å². The maximum Gasteiger partial charge on any atom is 0.136 e. The molecule has 0 spiro atoms. The Labute approximate surface area is 91.5 Å². The van der Waals surface area contributed by atoms with Crippen LogP contribution >= 0.6 is 22.6 Å². The second-order valence-electron chi connectivity index (χ2n) is 4.00. The summed E-state index contributed by atoms with van der Waals surface area (Å²) in [6.45, 7) is 5.99. The minimum atomic E-state index is -1.75. The molecule has 0 N–H and O–H groups in total. The van der Waals surface area contributed by atoms with Crippen molar-refractivity contribution >= 4 is 35.9 Å². The lowest BCUT2D eigenvalue weighted by Crippen LogP contribution is -2.40. The summed E-state index contributed by atoms with van der Waals surface area (Å²) in [5.74, 6) is -0.593. The molecule has 1 aromatic rings. The van der Waals surface area contributed by atoms with Gasteiger partial charge in [0.25, 0.3) is 0 Å². The number of halogens is 3. The molecule has 0 aliphatic heterocycles. The van der Waals surface area contributed by atoms with Crippen LogP contribution in [0.3, 0.4) is 0 Å². The predicted molar refractivity (Wildman–Crippen MR) is 62.1 cm³/mol. The van der Waals surface area contributed by atoms with E-state index >= 15 is 0 Å². The lowest BCUT2D eigenvalue weighted by atomic mass is 10.3. The van der Waals surface area contributed by atoms with Gasteiger partial charge in [-0.1, -0.05) is 19.6 Å². The van der Waals surface area contributed by atoms with Crippen LogP contribution < -0.4 is 5.19 Å². The van der Waals surface area contributed by atoms with E-state index in [9.17, 15) is 8.78 Å². The maximum absolute atomic E-state index is 13.4. The molecular weight excluding hydrogens is 301 g/mol. The summed E-state index contributed by atoms with van der Waals surface area (Å²) < 4.78 is 26.9. The number of benzene rings is 1. The molecule has 4 heteroatoms. The normalized spacial score (nSPS) is 11.8. The van der Waals surface area contributed by atoms with E-state index in [2.05, 4.69) is 0 Å². The van der Waals surface area contributed by atoms with Gasteiger partial charge in [0, 0.05) is 0 Å². The summed E-state index contributed by atoms with van der Waals surface area (Å²) in [5, 5.41) is 0.561. The largest absolute Gasteiger partial charge is 0.207 e. The number of hydrogen-bond donors (Lipinski definition) is 0. The summed E-state index contributed by atoms with van der Waals surface area (Å²) in [6.07, 6.45) is 0. The Balaban J connectivity index is 3.32. The first-order valence-electron chi connectivity index (χ1n) is 3.97. The molecule has 0 amide bonds. The lowest BCUT2D eigenvalue weighted by Gasteiger charge is -2.17. The fourth-order valence-corrected chi connectivity index (χ4v) is 2.87. The molecule has 0 aliphatic rings. The average Bonchev–Trinajstić information content (AvgIpc) is 1.94. The first-order valence-corrected chi connectivity index (χ1v) is 8.55. The van der Waals surface area contributed by atoms with E-state index in [0.29, 0.717) is 8.76 Å². The van der Waals surface area contributed by atoms with Gasteiger partial charge in [0.15, 0.2) is 0 Å². The second kappa shape index (κ2) is 3.65. The Morgan fingerprint density at radius 3 is 2.08 bits per heavy atom. The lowest BCUT2D eigenvalue weighted by molar-refractivity contribution is 0.599. The van der Waals surface area contributed by atoms with Crippen LogP contribution in [-0.4, -0.2) is 8.07 Å². The van der Waals surface area contributed by atoms with Crippen molar-refractivity contribution in [3.63, 3.8) is 0 Å². The van der Waals surface area contributed by atoms with Crippen molar-refractivity contribution in [2.75, 3.05) is 0 Å². The van der Waals surface area contributed by atoms with Gasteiger partial charge in [-0.15, -0.1) is 0 Å². The van der Waals surface area contributed by atoms with Gasteiger partial charge in [-0.25, -0.2) is 8.78 Å². The van der Waals surface area contributed by atoms with Crippen molar-refractivity contribution in [2.24, 2.45) is 0 Å². The Morgan fingerprint density at radius 1 is 1.08 bits per heavy atom. The second-order valence-corrected chi connectivity index (χ2v) is 10.2. The minimum Gasteiger partial charge on any atom is -0.207 e. The Kier molecular flexibility index (Phi) is 3.11. The van der Waals surface area contributed by atoms with Gasteiger partial charge in [0.2, 0.25) is 0 Å². The molecule has 0 saturated heterocycles. The van der Waals surface area contributed by atoms with E-state index in [1.807, 2.05) is 19.6 Å². The standard InChI is InChI=1S/C9H11F2ISi/c1-13(2,3)9-5-6(10)8(12)4-7(9)11/h4-5H,1-3H3. The zero-order valence-corrected chi connectivity index (χ0v) is 10.9. The zero-order chi connectivity index (χ0) is 10.2. The third-order valence-electron chi connectivity index (χ3n) is 1.82. The van der Waals surface area contributed by atoms with E-state index in [1.54, 1.807) is 22.6 Å².